The largest absolute Gasteiger partial charge is 0.366 e. The minimum Gasteiger partial charge on any atom is -0.283 e. The summed E-state index contributed by atoms with van der Waals surface area (Å²) >= 11 is 0. The van der Waals surface area contributed by atoms with Gasteiger partial charge in [0, 0.05) is 0 Å². The van der Waals surface area contributed by atoms with Crippen molar-refractivity contribution in [3.63, 3.8) is 0 Å². The van der Waals surface area contributed by atoms with E-state index in [0.717, 1.165) is 0 Å². The van der Waals surface area contributed by atoms with Gasteiger partial charge in [0.15, 0.2) is 0 Å². The Kier molecular flexibility index (Phi) is 1.94. The third-order valence-corrected chi connectivity index (χ3v) is 3.08. The Bertz CT molecular complexity index is 363. The molecule has 0 aliphatic heterocycles. The molecule has 0 heterocycles. The van der Waals surface area contributed by atoms with Crippen molar-refractivity contribution in [3.05, 3.63) is 0 Å². The van der Waals surface area contributed by atoms with Crippen molar-refractivity contribution in [2.24, 2.45) is 0 Å². The van der Waals surface area contributed by atoms with Gasteiger partial charge in [0.1, 0.15) is 0 Å². The number of halogens is 6. The van der Waals surface area contributed by atoms with Gasteiger partial charge in [-0.25, -0.2) is 8.78 Å². The molecule has 2 unspecified atom stereocenters. The fourth-order valence-electron chi connectivity index (χ4n) is 0.994. The van der Waals surface area contributed by atoms with E-state index in [2.05, 4.69) is 0 Å². The van der Waals surface area contributed by atoms with E-state index in [-0.39, 0.29) is 0 Å². The van der Waals surface area contributed by atoms with Gasteiger partial charge in [0.25, 0.3) is 0 Å². The van der Waals surface area contributed by atoms with E-state index in [1.807, 2.05) is 0 Å². The minimum absolute atomic E-state index is 4.29. The molecule has 0 saturated heterocycles. The quantitative estimate of drug-likeness (QED) is 0.556. The molecule has 1 aliphatic carbocycles. The number of alkyl halides is 6. The lowest BCUT2D eigenvalue weighted by molar-refractivity contribution is -0.368. The van der Waals surface area contributed by atoms with Gasteiger partial charge >= 0.3 is 27.0 Å². The molecule has 1 N–H and O–H groups in total. The zero-order chi connectivity index (χ0) is 11.6. The zero-order valence-electron chi connectivity index (χ0n) is 6.02. The van der Waals surface area contributed by atoms with Gasteiger partial charge in [-0.3, -0.25) is 4.55 Å². The summed E-state index contributed by atoms with van der Waals surface area (Å²) in [6.45, 7) is 0. The van der Waals surface area contributed by atoms with Crippen molar-refractivity contribution in [3.8, 4) is 0 Å². The summed E-state index contributed by atoms with van der Waals surface area (Å²) in [5.74, 6) is -11.2. The lowest BCUT2D eigenvalue weighted by Crippen LogP contribution is -2.80. The molecule has 0 aromatic rings. The average Bonchev–Trinajstić information content (AvgIpc) is 1.98. The van der Waals surface area contributed by atoms with Gasteiger partial charge < -0.3 is 0 Å². The van der Waals surface area contributed by atoms with Crippen LogP contribution >= 0.6 is 0 Å². The van der Waals surface area contributed by atoms with Gasteiger partial charge in [0.05, 0.1) is 0 Å². The Morgan fingerprint density at radius 2 is 1.43 bits per heavy atom. The monoisotopic (exact) mass is 244 g/mol. The molecule has 0 amide bonds. The van der Waals surface area contributed by atoms with E-state index in [0.29, 0.717) is 0 Å². The van der Waals surface area contributed by atoms with Gasteiger partial charge in [-0.05, 0) is 0 Å². The van der Waals surface area contributed by atoms with Crippen molar-refractivity contribution < 1.29 is 39.3 Å². The number of rotatable bonds is 1. The predicted molar refractivity (Wildman–Crippen MR) is 30.2 cm³/mol. The normalized spacial score (nSPS) is 40.4. The molecule has 1 saturated carbocycles. The highest BCUT2D eigenvalue weighted by molar-refractivity contribution is 7.87. The molecule has 10 heteroatoms. The highest BCUT2D eigenvalue weighted by Gasteiger charge is 2.95. The third-order valence-electron chi connectivity index (χ3n) is 1.87. The smallest absolute Gasteiger partial charge is 0.283 e. The van der Waals surface area contributed by atoms with E-state index in [1.165, 1.54) is 0 Å². The molecular formula is C4H2F6O3S. The maximum absolute atomic E-state index is 12.6. The van der Waals surface area contributed by atoms with Crippen LogP contribution in [0.25, 0.3) is 0 Å². The van der Waals surface area contributed by atoms with Gasteiger partial charge in [-0.1, -0.05) is 0 Å². The summed E-state index contributed by atoms with van der Waals surface area (Å²) in [7, 11) is -6.27. The molecule has 3 nitrogen and oxygen atoms in total. The van der Waals surface area contributed by atoms with E-state index >= 15 is 0 Å². The highest BCUT2D eigenvalue weighted by atomic mass is 32.2. The summed E-state index contributed by atoms with van der Waals surface area (Å²) in [6, 6.07) is 0. The summed E-state index contributed by atoms with van der Waals surface area (Å²) < 4.78 is 101. The molecule has 1 fully saturated rings. The fourth-order valence-corrected chi connectivity index (χ4v) is 1.86. The Hall–Kier alpha value is -0.510. The van der Waals surface area contributed by atoms with Crippen molar-refractivity contribution in [2.45, 2.75) is 23.0 Å². The molecule has 84 valence electrons. The second kappa shape index (κ2) is 2.35. The van der Waals surface area contributed by atoms with Crippen molar-refractivity contribution in [1.82, 2.24) is 0 Å². The van der Waals surface area contributed by atoms with Gasteiger partial charge in [-0.15, -0.1) is 0 Å². The first kappa shape index (κ1) is 11.6. The lowest BCUT2D eigenvalue weighted by Gasteiger charge is -2.48. The van der Waals surface area contributed by atoms with Crippen LogP contribution in [0.15, 0.2) is 0 Å². The number of hydrogen-bond donors (Lipinski definition) is 1. The van der Waals surface area contributed by atoms with Crippen LogP contribution in [0.4, 0.5) is 26.3 Å². The first-order chi connectivity index (χ1) is 5.90. The van der Waals surface area contributed by atoms with Crippen LogP contribution in [0.3, 0.4) is 0 Å². The number of hydrogen-bond acceptors (Lipinski definition) is 2. The summed E-state index contributed by atoms with van der Waals surface area (Å²) in [6.07, 6.45) is -4.29. The first-order valence-corrected chi connectivity index (χ1v) is 4.40. The third kappa shape index (κ3) is 0.853. The minimum atomic E-state index is -6.27. The van der Waals surface area contributed by atoms with E-state index in [4.69, 9.17) is 4.55 Å². The topological polar surface area (TPSA) is 54.4 Å². The van der Waals surface area contributed by atoms with Crippen molar-refractivity contribution >= 4 is 10.1 Å². The molecule has 0 aromatic carbocycles. The molecule has 2 atom stereocenters. The SMILES string of the molecule is O=S(=O)(O)C1(F)C(F)C(F)(F)C1(F)F. The summed E-state index contributed by atoms with van der Waals surface area (Å²) in [4.78, 5) is 0. The van der Waals surface area contributed by atoms with Crippen LogP contribution < -0.4 is 0 Å². The second-order valence-corrected chi connectivity index (χ2v) is 4.22. The molecule has 1 aliphatic rings. The molecule has 0 bridgehead atoms. The molecular weight excluding hydrogens is 242 g/mol. The first-order valence-electron chi connectivity index (χ1n) is 2.96. The van der Waals surface area contributed by atoms with Crippen LogP contribution in [0.1, 0.15) is 0 Å². The molecule has 14 heavy (non-hydrogen) atoms. The zero-order valence-corrected chi connectivity index (χ0v) is 6.83. The molecule has 0 spiro atoms. The van der Waals surface area contributed by atoms with E-state index in [9.17, 15) is 34.8 Å². The van der Waals surface area contributed by atoms with Crippen LogP contribution in [0.2, 0.25) is 0 Å². The van der Waals surface area contributed by atoms with Crippen LogP contribution in [0.5, 0.6) is 0 Å². The Morgan fingerprint density at radius 3 is 1.57 bits per heavy atom. The van der Waals surface area contributed by atoms with E-state index in [1.54, 1.807) is 0 Å². The Balaban J connectivity index is 3.33. The molecule has 1 rings (SSSR count). The highest BCUT2D eigenvalue weighted by Crippen LogP contribution is 2.63. The van der Waals surface area contributed by atoms with Gasteiger partial charge in [0.2, 0.25) is 6.17 Å². The maximum atomic E-state index is 12.6. The predicted octanol–water partition coefficient (Wildman–Crippen LogP) is 1.16. The Labute approximate surface area is 73.5 Å². The standard InChI is InChI=1S/C4H2F6O3S/c5-1-2(6,7)4(9,10)3(1,8)14(11,12)13/h1H,(H,11,12,13). The Morgan fingerprint density at radius 1 is 1.07 bits per heavy atom. The second-order valence-electron chi connectivity index (χ2n) is 2.68. The summed E-state index contributed by atoms with van der Waals surface area (Å²) in [5, 5.41) is -5.27. The van der Waals surface area contributed by atoms with Crippen molar-refractivity contribution in [1.29, 1.82) is 0 Å². The van der Waals surface area contributed by atoms with Crippen molar-refractivity contribution in [2.75, 3.05) is 0 Å². The van der Waals surface area contributed by atoms with Crippen LogP contribution in [0, 0.1) is 0 Å². The summed E-state index contributed by atoms with van der Waals surface area (Å²) in [5.41, 5.74) is 0. The average molecular weight is 244 g/mol. The molecule has 0 aromatic heterocycles. The lowest BCUT2D eigenvalue weighted by atomic mass is 9.84. The van der Waals surface area contributed by atoms with Crippen LogP contribution in [-0.2, 0) is 10.1 Å². The maximum Gasteiger partial charge on any atom is 0.366 e. The van der Waals surface area contributed by atoms with Gasteiger partial charge in [-0.2, -0.15) is 26.0 Å². The molecule has 0 radical (unpaired) electrons. The fraction of sp³-hybridized carbons (Fsp3) is 1.00. The van der Waals surface area contributed by atoms with Crippen LogP contribution in [-0.4, -0.2) is 36.0 Å². The van der Waals surface area contributed by atoms with E-state index < -0.39 is 33.1 Å².